The first-order valence-corrected chi connectivity index (χ1v) is 12.1. The average Bonchev–Trinajstić information content (AvgIpc) is 2.85. The zero-order valence-corrected chi connectivity index (χ0v) is 20.5. The third-order valence-corrected chi connectivity index (χ3v) is 6.17. The minimum atomic E-state index is -0.633. The molecule has 1 aliphatic heterocycles. The van der Waals surface area contributed by atoms with Gasteiger partial charge in [0.15, 0.2) is 0 Å². The van der Waals surface area contributed by atoms with E-state index in [1.54, 1.807) is 0 Å². The van der Waals surface area contributed by atoms with Crippen LogP contribution < -0.4 is 20.8 Å². The average molecular weight is 475 g/mol. The molecule has 3 aromatic carbocycles. The standard InChI is InChI=1S/C28H34N4O3/c1-19-15-26(34)31-32-27(19)21-11-13-22(14-12-21)29-18-28(2,3)30-16-23(33)17-35-25-10-6-8-20-7-4-5-9-24(20)25/h4-14,19,23,29-30,33H,15-18H2,1-3H3,(H,31,34). The lowest BCUT2D eigenvalue weighted by Crippen LogP contribution is -2.49. The number of aliphatic hydroxyl groups excluding tert-OH is 1. The number of hydrazone groups is 1. The molecular weight excluding hydrogens is 440 g/mol. The summed E-state index contributed by atoms with van der Waals surface area (Å²) in [6.07, 6.45) is -0.177. The molecule has 1 aliphatic rings. The minimum Gasteiger partial charge on any atom is -0.490 e. The normalized spacial score (nSPS) is 17.0. The van der Waals surface area contributed by atoms with Gasteiger partial charge in [-0.3, -0.25) is 4.79 Å². The van der Waals surface area contributed by atoms with Gasteiger partial charge < -0.3 is 20.5 Å². The molecule has 4 rings (SSSR count). The van der Waals surface area contributed by atoms with Crippen LogP contribution in [0, 0.1) is 5.92 Å². The number of hydrogen-bond acceptors (Lipinski definition) is 6. The molecular formula is C28H34N4O3. The van der Waals surface area contributed by atoms with E-state index in [1.165, 1.54) is 0 Å². The van der Waals surface area contributed by atoms with Crippen LogP contribution in [0.1, 0.15) is 32.8 Å². The summed E-state index contributed by atoms with van der Waals surface area (Å²) in [6, 6.07) is 22.1. The van der Waals surface area contributed by atoms with Crippen LogP contribution in [0.25, 0.3) is 10.8 Å². The van der Waals surface area contributed by atoms with Crippen LogP contribution in [0.5, 0.6) is 5.75 Å². The van der Waals surface area contributed by atoms with Crippen LogP contribution in [0.15, 0.2) is 71.8 Å². The summed E-state index contributed by atoms with van der Waals surface area (Å²) in [5.41, 5.74) is 5.23. The lowest BCUT2D eigenvalue weighted by atomic mass is 9.94. The van der Waals surface area contributed by atoms with Gasteiger partial charge in [0.2, 0.25) is 5.91 Å². The first kappa shape index (κ1) is 24.7. The molecule has 4 N–H and O–H groups in total. The second kappa shape index (κ2) is 10.9. The summed E-state index contributed by atoms with van der Waals surface area (Å²) in [4.78, 5) is 11.5. The maximum absolute atomic E-state index is 11.5. The Bertz CT molecular complexity index is 1190. The summed E-state index contributed by atoms with van der Waals surface area (Å²) >= 11 is 0. The number of β-amino-alcohol motifs (C(OH)–C–C–N with tert-alkyl or cyclic N) is 1. The largest absolute Gasteiger partial charge is 0.490 e. The number of hydrogen-bond donors (Lipinski definition) is 4. The third-order valence-electron chi connectivity index (χ3n) is 6.17. The van der Waals surface area contributed by atoms with Crippen molar-refractivity contribution >= 4 is 28.1 Å². The van der Waals surface area contributed by atoms with E-state index in [0.29, 0.717) is 19.5 Å². The van der Waals surface area contributed by atoms with Gasteiger partial charge in [0.25, 0.3) is 0 Å². The number of nitrogens with one attached hydrogen (secondary N) is 3. The van der Waals surface area contributed by atoms with Crippen LogP contribution in [0.2, 0.25) is 0 Å². The molecule has 1 heterocycles. The third kappa shape index (κ3) is 6.59. The number of amides is 1. The zero-order valence-electron chi connectivity index (χ0n) is 20.5. The van der Waals surface area contributed by atoms with E-state index in [9.17, 15) is 9.90 Å². The van der Waals surface area contributed by atoms with Crippen molar-refractivity contribution in [1.82, 2.24) is 10.7 Å². The van der Waals surface area contributed by atoms with Crippen molar-refractivity contribution in [3.05, 3.63) is 72.3 Å². The first-order chi connectivity index (χ1) is 16.8. The smallest absolute Gasteiger partial charge is 0.240 e. The number of aliphatic hydroxyl groups is 1. The Morgan fingerprint density at radius 2 is 1.86 bits per heavy atom. The molecule has 0 spiro atoms. The van der Waals surface area contributed by atoms with Gasteiger partial charge in [-0.05, 0) is 43.0 Å². The number of benzene rings is 3. The van der Waals surface area contributed by atoms with Crippen molar-refractivity contribution in [3.63, 3.8) is 0 Å². The molecule has 2 atom stereocenters. The number of fused-ring (bicyclic) bond motifs is 1. The van der Waals surface area contributed by atoms with Gasteiger partial charge in [0.1, 0.15) is 18.5 Å². The van der Waals surface area contributed by atoms with E-state index in [-0.39, 0.29) is 24.0 Å². The van der Waals surface area contributed by atoms with Gasteiger partial charge in [-0.1, -0.05) is 55.5 Å². The molecule has 1 amide bonds. The molecule has 0 saturated carbocycles. The predicted octanol–water partition coefficient (Wildman–Crippen LogP) is 3.92. The quantitative estimate of drug-likeness (QED) is 0.357. The Morgan fingerprint density at radius 1 is 1.11 bits per heavy atom. The van der Waals surface area contributed by atoms with E-state index < -0.39 is 6.10 Å². The molecule has 0 saturated heterocycles. The summed E-state index contributed by atoms with van der Waals surface area (Å²) in [5.74, 6) is 0.837. The fourth-order valence-electron chi connectivity index (χ4n) is 4.11. The van der Waals surface area contributed by atoms with Gasteiger partial charge in [-0.15, -0.1) is 0 Å². The Kier molecular flexibility index (Phi) is 7.68. The molecule has 184 valence electrons. The summed E-state index contributed by atoms with van der Waals surface area (Å²) in [7, 11) is 0. The number of carbonyl (C=O) groups excluding carboxylic acids is 1. The molecule has 0 radical (unpaired) electrons. The van der Waals surface area contributed by atoms with Crippen molar-refractivity contribution in [3.8, 4) is 5.75 Å². The molecule has 2 unspecified atom stereocenters. The van der Waals surface area contributed by atoms with E-state index in [2.05, 4.69) is 35.0 Å². The Morgan fingerprint density at radius 3 is 2.63 bits per heavy atom. The monoisotopic (exact) mass is 474 g/mol. The molecule has 3 aromatic rings. The van der Waals surface area contributed by atoms with Gasteiger partial charge in [0.05, 0.1) is 5.71 Å². The topological polar surface area (TPSA) is 95.0 Å². The predicted molar refractivity (Wildman–Crippen MR) is 141 cm³/mol. The highest BCUT2D eigenvalue weighted by Gasteiger charge is 2.22. The lowest BCUT2D eigenvalue weighted by Gasteiger charge is -2.28. The number of nitrogens with zero attached hydrogens (tertiary/aromatic N) is 1. The Labute approximate surface area is 206 Å². The molecule has 0 fully saturated rings. The maximum Gasteiger partial charge on any atom is 0.240 e. The zero-order chi connectivity index (χ0) is 24.8. The fraction of sp³-hybridized carbons (Fsp3) is 0.357. The maximum atomic E-state index is 11.5. The molecule has 7 nitrogen and oxygen atoms in total. The summed E-state index contributed by atoms with van der Waals surface area (Å²) in [6.45, 7) is 7.51. The van der Waals surface area contributed by atoms with Crippen LogP contribution >= 0.6 is 0 Å². The van der Waals surface area contributed by atoms with Crippen LogP contribution in [-0.2, 0) is 4.79 Å². The molecule has 0 aromatic heterocycles. The molecule has 0 bridgehead atoms. The first-order valence-electron chi connectivity index (χ1n) is 12.1. The molecule has 7 heteroatoms. The molecule has 0 aliphatic carbocycles. The highest BCUT2D eigenvalue weighted by molar-refractivity contribution is 6.05. The minimum absolute atomic E-state index is 0.0421. The van der Waals surface area contributed by atoms with Crippen molar-refractivity contribution < 1.29 is 14.6 Å². The van der Waals surface area contributed by atoms with Crippen molar-refractivity contribution in [2.24, 2.45) is 11.0 Å². The van der Waals surface area contributed by atoms with E-state index in [0.717, 1.165) is 33.5 Å². The van der Waals surface area contributed by atoms with Gasteiger partial charge in [-0.2, -0.15) is 5.10 Å². The second-order valence-corrected chi connectivity index (χ2v) is 9.77. The van der Waals surface area contributed by atoms with Gasteiger partial charge in [0, 0.05) is 42.0 Å². The van der Waals surface area contributed by atoms with Crippen molar-refractivity contribution in [1.29, 1.82) is 0 Å². The lowest BCUT2D eigenvalue weighted by molar-refractivity contribution is -0.121. The highest BCUT2D eigenvalue weighted by Crippen LogP contribution is 2.25. The fourth-order valence-corrected chi connectivity index (χ4v) is 4.11. The van der Waals surface area contributed by atoms with Crippen LogP contribution in [0.4, 0.5) is 5.69 Å². The van der Waals surface area contributed by atoms with Gasteiger partial charge >= 0.3 is 0 Å². The Hall–Kier alpha value is -3.42. The number of rotatable bonds is 10. The Balaban J connectivity index is 1.24. The van der Waals surface area contributed by atoms with Gasteiger partial charge in [-0.25, -0.2) is 5.43 Å². The van der Waals surface area contributed by atoms with E-state index in [4.69, 9.17) is 4.74 Å². The van der Waals surface area contributed by atoms with Crippen molar-refractivity contribution in [2.45, 2.75) is 38.8 Å². The SMILES string of the molecule is CC1CC(=O)NN=C1c1ccc(NCC(C)(C)NCC(O)COc2cccc3ccccc23)cc1. The second-order valence-electron chi connectivity index (χ2n) is 9.77. The summed E-state index contributed by atoms with van der Waals surface area (Å²) < 4.78 is 5.91. The highest BCUT2D eigenvalue weighted by atomic mass is 16.5. The van der Waals surface area contributed by atoms with E-state index in [1.807, 2.05) is 73.7 Å². The van der Waals surface area contributed by atoms with E-state index >= 15 is 0 Å². The number of carbonyl (C=O) groups is 1. The molecule has 35 heavy (non-hydrogen) atoms. The van der Waals surface area contributed by atoms with Crippen LogP contribution in [0.3, 0.4) is 0 Å². The number of ether oxygens (including phenoxy) is 1. The van der Waals surface area contributed by atoms with Crippen LogP contribution in [-0.4, -0.2) is 48.1 Å². The summed E-state index contributed by atoms with van der Waals surface area (Å²) in [5, 5.41) is 23.7. The number of anilines is 1. The van der Waals surface area contributed by atoms with Crippen molar-refractivity contribution in [2.75, 3.05) is 25.0 Å².